The molecule has 1 heterocycles. The number of aliphatic hydroxyl groups is 1. The number of anilines is 1. The van der Waals surface area contributed by atoms with Crippen molar-refractivity contribution in [2.75, 3.05) is 5.73 Å². The third-order valence-corrected chi connectivity index (χ3v) is 2.63. The Kier molecular flexibility index (Phi) is 3.12. The molecule has 0 amide bonds. The molecule has 0 aliphatic rings. The fourth-order valence-corrected chi connectivity index (χ4v) is 1.68. The van der Waals surface area contributed by atoms with Gasteiger partial charge in [0, 0.05) is 11.9 Å². The predicted octanol–water partition coefficient (Wildman–Crippen LogP) is 1.68. The van der Waals surface area contributed by atoms with Crippen LogP contribution in [-0.2, 0) is 6.54 Å². The second-order valence-electron chi connectivity index (χ2n) is 3.84. The predicted molar refractivity (Wildman–Crippen MR) is 65.0 cm³/mol. The quantitative estimate of drug-likeness (QED) is 0.783. The molecule has 0 saturated heterocycles. The highest BCUT2D eigenvalue weighted by Crippen LogP contribution is 2.17. The van der Waals surface area contributed by atoms with E-state index in [1.807, 2.05) is 0 Å². The second-order valence-corrected chi connectivity index (χ2v) is 3.84. The summed E-state index contributed by atoms with van der Waals surface area (Å²) < 4.78 is 1.72. The van der Waals surface area contributed by atoms with Crippen LogP contribution in [0.2, 0.25) is 0 Å². The lowest BCUT2D eigenvalue weighted by Gasteiger charge is -2.13. The molecular weight excluding hydrogens is 214 g/mol. The minimum Gasteiger partial charge on any atom is -0.399 e. The number of hydrogen-bond donors (Lipinski definition) is 2. The van der Waals surface area contributed by atoms with E-state index in [1.165, 1.54) is 0 Å². The van der Waals surface area contributed by atoms with E-state index >= 15 is 0 Å². The number of hydrogen-bond acceptors (Lipinski definition) is 3. The zero-order valence-corrected chi connectivity index (χ0v) is 9.24. The number of aliphatic hydroxyl groups excluding tert-OH is 1. The Morgan fingerprint density at radius 1 is 1.29 bits per heavy atom. The smallest absolute Gasteiger partial charge is 0.120 e. The second kappa shape index (κ2) is 4.73. The SMILES string of the molecule is N#Cc1cccn1CC(O)c1ccc(N)cc1. The van der Waals surface area contributed by atoms with E-state index in [4.69, 9.17) is 11.0 Å². The van der Waals surface area contributed by atoms with Crippen LogP contribution in [-0.4, -0.2) is 9.67 Å². The summed E-state index contributed by atoms with van der Waals surface area (Å²) in [5.41, 5.74) is 7.57. The Morgan fingerprint density at radius 3 is 2.65 bits per heavy atom. The van der Waals surface area contributed by atoms with Gasteiger partial charge in [0.2, 0.25) is 0 Å². The summed E-state index contributed by atoms with van der Waals surface area (Å²) in [5, 5.41) is 18.9. The third-order valence-electron chi connectivity index (χ3n) is 2.63. The molecule has 17 heavy (non-hydrogen) atoms. The molecular formula is C13H13N3O. The molecule has 0 radical (unpaired) electrons. The van der Waals surface area contributed by atoms with Crippen molar-refractivity contribution in [3.8, 4) is 6.07 Å². The first-order valence-corrected chi connectivity index (χ1v) is 5.29. The van der Waals surface area contributed by atoms with Crippen molar-refractivity contribution in [3.63, 3.8) is 0 Å². The molecule has 0 bridgehead atoms. The first-order valence-electron chi connectivity index (χ1n) is 5.29. The van der Waals surface area contributed by atoms with Gasteiger partial charge in [-0.2, -0.15) is 5.26 Å². The van der Waals surface area contributed by atoms with Crippen LogP contribution in [0.15, 0.2) is 42.6 Å². The van der Waals surface area contributed by atoms with Gasteiger partial charge in [0.1, 0.15) is 11.8 Å². The van der Waals surface area contributed by atoms with E-state index in [0.717, 1.165) is 5.56 Å². The highest BCUT2D eigenvalue weighted by atomic mass is 16.3. The van der Waals surface area contributed by atoms with Crippen molar-refractivity contribution < 1.29 is 5.11 Å². The first-order chi connectivity index (χ1) is 8.20. The van der Waals surface area contributed by atoms with E-state index in [0.29, 0.717) is 17.9 Å². The number of aromatic nitrogens is 1. The zero-order valence-electron chi connectivity index (χ0n) is 9.24. The number of benzene rings is 1. The van der Waals surface area contributed by atoms with Crippen molar-refractivity contribution in [2.24, 2.45) is 0 Å². The minimum absolute atomic E-state index is 0.361. The summed E-state index contributed by atoms with van der Waals surface area (Å²) in [5.74, 6) is 0. The molecule has 4 nitrogen and oxygen atoms in total. The highest BCUT2D eigenvalue weighted by molar-refractivity contribution is 5.39. The van der Waals surface area contributed by atoms with Gasteiger partial charge >= 0.3 is 0 Å². The molecule has 1 aromatic heterocycles. The van der Waals surface area contributed by atoms with Gasteiger partial charge in [-0.1, -0.05) is 12.1 Å². The number of nitriles is 1. The maximum Gasteiger partial charge on any atom is 0.120 e. The Balaban J connectivity index is 2.14. The fraction of sp³-hybridized carbons (Fsp3) is 0.154. The van der Waals surface area contributed by atoms with Crippen molar-refractivity contribution in [2.45, 2.75) is 12.6 Å². The summed E-state index contributed by atoms with van der Waals surface area (Å²) in [4.78, 5) is 0. The van der Waals surface area contributed by atoms with Gasteiger partial charge in [-0.25, -0.2) is 0 Å². The molecule has 0 fully saturated rings. The number of nitrogen functional groups attached to an aromatic ring is 1. The van der Waals surface area contributed by atoms with Gasteiger partial charge in [-0.3, -0.25) is 0 Å². The number of nitrogens with two attached hydrogens (primary N) is 1. The van der Waals surface area contributed by atoms with E-state index in [9.17, 15) is 5.11 Å². The van der Waals surface area contributed by atoms with Crippen LogP contribution in [0.4, 0.5) is 5.69 Å². The van der Waals surface area contributed by atoms with E-state index in [2.05, 4.69) is 6.07 Å². The average Bonchev–Trinajstić information content (AvgIpc) is 2.77. The summed E-state index contributed by atoms with van der Waals surface area (Å²) in [7, 11) is 0. The molecule has 2 aromatic rings. The lowest BCUT2D eigenvalue weighted by molar-refractivity contribution is 0.156. The fourth-order valence-electron chi connectivity index (χ4n) is 1.68. The van der Waals surface area contributed by atoms with Gasteiger partial charge in [0.05, 0.1) is 12.6 Å². The van der Waals surface area contributed by atoms with Gasteiger partial charge < -0.3 is 15.4 Å². The third kappa shape index (κ3) is 2.47. The molecule has 4 heteroatoms. The van der Waals surface area contributed by atoms with E-state index in [1.54, 1.807) is 47.2 Å². The van der Waals surface area contributed by atoms with Crippen LogP contribution >= 0.6 is 0 Å². The van der Waals surface area contributed by atoms with Crippen molar-refractivity contribution >= 4 is 5.69 Å². The van der Waals surface area contributed by atoms with E-state index in [-0.39, 0.29) is 0 Å². The van der Waals surface area contributed by atoms with E-state index < -0.39 is 6.10 Å². The molecule has 86 valence electrons. The standard InChI is InChI=1S/C13H13N3O/c14-8-12-2-1-7-16(12)9-13(17)10-3-5-11(15)6-4-10/h1-7,13,17H,9,15H2. The Labute approximate surface area is 99.5 Å². The van der Waals surface area contributed by atoms with Crippen LogP contribution in [0.3, 0.4) is 0 Å². The van der Waals surface area contributed by atoms with Crippen LogP contribution in [0.1, 0.15) is 17.4 Å². The average molecular weight is 227 g/mol. The van der Waals surface area contributed by atoms with Gasteiger partial charge in [0.15, 0.2) is 0 Å². The Hall–Kier alpha value is -2.25. The minimum atomic E-state index is -0.643. The number of nitrogens with zero attached hydrogens (tertiary/aromatic N) is 2. The van der Waals surface area contributed by atoms with Crippen LogP contribution in [0.5, 0.6) is 0 Å². The normalized spacial score (nSPS) is 12.0. The zero-order chi connectivity index (χ0) is 12.3. The largest absolute Gasteiger partial charge is 0.399 e. The highest BCUT2D eigenvalue weighted by Gasteiger charge is 2.09. The Bertz CT molecular complexity index is 537. The van der Waals surface area contributed by atoms with Gasteiger partial charge in [-0.05, 0) is 29.8 Å². The Morgan fingerprint density at radius 2 is 2.00 bits per heavy atom. The topological polar surface area (TPSA) is 75.0 Å². The maximum absolute atomic E-state index is 10.0. The molecule has 0 aliphatic carbocycles. The lowest BCUT2D eigenvalue weighted by atomic mass is 10.1. The molecule has 3 N–H and O–H groups in total. The molecule has 1 atom stereocenters. The summed E-state index contributed by atoms with van der Waals surface area (Å²) in [6, 6.07) is 12.7. The van der Waals surface area contributed by atoms with Crippen molar-refractivity contribution in [1.29, 1.82) is 5.26 Å². The van der Waals surface area contributed by atoms with Crippen molar-refractivity contribution in [1.82, 2.24) is 4.57 Å². The van der Waals surface area contributed by atoms with Gasteiger partial charge in [-0.15, -0.1) is 0 Å². The molecule has 1 unspecified atom stereocenters. The monoisotopic (exact) mass is 227 g/mol. The molecule has 2 rings (SSSR count). The first kappa shape index (κ1) is 11.2. The molecule has 1 aromatic carbocycles. The lowest BCUT2D eigenvalue weighted by Crippen LogP contribution is -2.09. The summed E-state index contributed by atoms with van der Waals surface area (Å²) in [6.45, 7) is 0.361. The molecule has 0 spiro atoms. The molecule has 0 saturated carbocycles. The maximum atomic E-state index is 10.0. The van der Waals surface area contributed by atoms with Crippen molar-refractivity contribution in [3.05, 3.63) is 53.9 Å². The molecule has 0 aliphatic heterocycles. The summed E-state index contributed by atoms with van der Waals surface area (Å²) in [6.07, 6.45) is 1.13. The van der Waals surface area contributed by atoms with Crippen LogP contribution in [0.25, 0.3) is 0 Å². The van der Waals surface area contributed by atoms with Gasteiger partial charge in [0.25, 0.3) is 0 Å². The van der Waals surface area contributed by atoms with Crippen LogP contribution < -0.4 is 5.73 Å². The summed E-state index contributed by atoms with van der Waals surface area (Å²) >= 11 is 0. The van der Waals surface area contributed by atoms with Crippen LogP contribution in [0, 0.1) is 11.3 Å². The number of rotatable bonds is 3.